The van der Waals surface area contributed by atoms with E-state index in [2.05, 4.69) is 4.98 Å². The molecule has 17 heavy (non-hydrogen) atoms. The van der Waals surface area contributed by atoms with Gasteiger partial charge in [-0.05, 0) is 12.0 Å². The monoisotopic (exact) mass is 235 g/mol. The second-order valence-corrected chi connectivity index (χ2v) is 4.61. The molecule has 2 bridgehead atoms. The standard InChI is InChI=1S/C12H13NO4/c1-16-9-3-2-7(5-13-9)12-4-8(17-6-12)10(12)11(14)15/h2-3,5,8,10H,4,6H2,1H3,(H,14,15)/t8-,10+,12-/m0/s1. The minimum atomic E-state index is -0.783. The summed E-state index contributed by atoms with van der Waals surface area (Å²) in [6.45, 7) is 0.475. The third-order valence-corrected chi connectivity index (χ3v) is 3.87. The first-order valence-corrected chi connectivity index (χ1v) is 5.52. The number of nitrogens with zero attached hydrogens (tertiary/aromatic N) is 1. The Balaban J connectivity index is 1.95. The minimum absolute atomic E-state index is 0.130. The van der Waals surface area contributed by atoms with Crippen molar-refractivity contribution in [1.82, 2.24) is 4.98 Å². The Morgan fingerprint density at radius 1 is 1.65 bits per heavy atom. The molecule has 3 fully saturated rings. The number of hydrogen-bond acceptors (Lipinski definition) is 4. The fraction of sp³-hybridized carbons (Fsp3) is 0.500. The van der Waals surface area contributed by atoms with Crippen LogP contribution in [0.5, 0.6) is 5.88 Å². The van der Waals surface area contributed by atoms with Gasteiger partial charge in [0.25, 0.3) is 0 Å². The van der Waals surface area contributed by atoms with Gasteiger partial charge in [-0.15, -0.1) is 0 Å². The van der Waals surface area contributed by atoms with Crippen molar-refractivity contribution in [3.63, 3.8) is 0 Å². The molecule has 1 aromatic heterocycles. The second kappa shape index (κ2) is 3.43. The van der Waals surface area contributed by atoms with E-state index in [-0.39, 0.29) is 11.5 Å². The van der Waals surface area contributed by atoms with Crippen molar-refractivity contribution in [2.24, 2.45) is 5.92 Å². The molecule has 4 rings (SSSR count). The molecule has 2 aliphatic heterocycles. The molecule has 3 aliphatic rings. The lowest BCUT2D eigenvalue weighted by molar-refractivity contribution is -0.150. The number of carboxylic acid groups (broad SMARTS) is 1. The number of fused-ring (bicyclic) bond motifs is 1. The number of aliphatic carboxylic acids is 1. The van der Waals surface area contributed by atoms with Gasteiger partial charge >= 0.3 is 5.97 Å². The number of methoxy groups -OCH3 is 1. The SMILES string of the molecule is COc1ccc([C@@]23CO[C@@H](C2)[C@@H]3C(=O)O)cn1. The van der Waals surface area contributed by atoms with Crippen LogP contribution < -0.4 is 4.74 Å². The van der Waals surface area contributed by atoms with E-state index in [1.54, 1.807) is 19.4 Å². The van der Waals surface area contributed by atoms with Gasteiger partial charge in [-0.3, -0.25) is 4.79 Å². The minimum Gasteiger partial charge on any atom is -0.481 e. The molecule has 0 radical (unpaired) electrons. The summed E-state index contributed by atoms with van der Waals surface area (Å²) in [6, 6.07) is 3.64. The van der Waals surface area contributed by atoms with Gasteiger partial charge in [-0.2, -0.15) is 0 Å². The molecule has 1 N–H and O–H groups in total. The molecule has 90 valence electrons. The van der Waals surface area contributed by atoms with Gasteiger partial charge in [0.1, 0.15) is 0 Å². The molecule has 1 saturated carbocycles. The first-order valence-electron chi connectivity index (χ1n) is 5.52. The fourth-order valence-corrected chi connectivity index (χ4v) is 2.93. The van der Waals surface area contributed by atoms with Gasteiger partial charge in [-0.1, -0.05) is 6.07 Å². The fourth-order valence-electron chi connectivity index (χ4n) is 2.93. The largest absolute Gasteiger partial charge is 0.481 e. The molecular weight excluding hydrogens is 222 g/mol. The van der Waals surface area contributed by atoms with Crippen molar-refractivity contribution in [2.75, 3.05) is 13.7 Å². The highest BCUT2D eigenvalue weighted by Gasteiger charge is 2.65. The Morgan fingerprint density at radius 2 is 2.47 bits per heavy atom. The van der Waals surface area contributed by atoms with E-state index in [1.807, 2.05) is 6.07 Å². The Morgan fingerprint density at radius 3 is 3.00 bits per heavy atom. The number of ether oxygens (including phenoxy) is 2. The third-order valence-electron chi connectivity index (χ3n) is 3.87. The van der Waals surface area contributed by atoms with E-state index in [1.165, 1.54) is 0 Å². The highest BCUT2D eigenvalue weighted by molar-refractivity contribution is 5.76. The van der Waals surface area contributed by atoms with Crippen LogP contribution in [0.2, 0.25) is 0 Å². The van der Waals surface area contributed by atoms with Crippen LogP contribution in [0.25, 0.3) is 0 Å². The smallest absolute Gasteiger partial charge is 0.310 e. The van der Waals surface area contributed by atoms with Crippen molar-refractivity contribution in [1.29, 1.82) is 0 Å². The van der Waals surface area contributed by atoms with Gasteiger partial charge in [0.05, 0.1) is 25.7 Å². The predicted octanol–water partition coefficient (Wildman–Crippen LogP) is 0.831. The van der Waals surface area contributed by atoms with Crippen LogP contribution in [0.15, 0.2) is 18.3 Å². The Kier molecular flexibility index (Phi) is 2.13. The lowest BCUT2D eigenvalue weighted by atomic mass is 9.58. The summed E-state index contributed by atoms with van der Waals surface area (Å²) in [5, 5.41) is 9.22. The van der Waals surface area contributed by atoms with Crippen molar-refractivity contribution >= 4 is 5.97 Å². The number of carbonyl (C=O) groups is 1. The van der Waals surface area contributed by atoms with Gasteiger partial charge in [0.15, 0.2) is 0 Å². The van der Waals surface area contributed by atoms with Crippen molar-refractivity contribution in [2.45, 2.75) is 17.9 Å². The predicted molar refractivity (Wildman–Crippen MR) is 57.9 cm³/mol. The Bertz CT molecular complexity index is 454. The summed E-state index contributed by atoms with van der Waals surface area (Å²) >= 11 is 0. The summed E-state index contributed by atoms with van der Waals surface area (Å²) in [6.07, 6.45) is 2.34. The molecule has 3 atom stereocenters. The van der Waals surface area contributed by atoms with E-state index in [0.29, 0.717) is 12.5 Å². The molecular formula is C12H13NO4. The molecule has 2 saturated heterocycles. The average molecular weight is 235 g/mol. The summed E-state index contributed by atoms with van der Waals surface area (Å²) in [5.41, 5.74) is 0.551. The van der Waals surface area contributed by atoms with Gasteiger partial charge in [0, 0.05) is 17.7 Å². The van der Waals surface area contributed by atoms with Crippen LogP contribution in [-0.2, 0) is 14.9 Å². The van der Waals surface area contributed by atoms with Crippen molar-refractivity contribution in [3.8, 4) is 5.88 Å². The first-order chi connectivity index (χ1) is 8.17. The molecule has 3 heterocycles. The van der Waals surface area contributed by atoms with Crippen LogP contribution in [0.4, 0.5) is 0 Å². The van der Waals surface area contributed by atoms with Gasteiger partial charge in [0.2, 0.25) is 5.88 Å². The molecule has 0 aromatic carbocycles. The first kappa shape index (κ1) is 10.5. The summed E-state index contributed by atoms with van der Waals surface area (Å²) < 4.78 is 10.5. The highest BCUT2D eigenvalue weighted by atomic mass is 16.5. The molecule has 0 amide bonds. The average Bonchev–Trinajstić information content (AvgIpc) is 2.87. The van der Waals surface area contributed by atoms with Crippen LogP contribution in [0.3, 0.4) is 0 Å². The van der Waals surface area contributed by atoms with Crippen molar-refractivity contribution < 1.29 is 19.4 Å². The van der Waals surface area contributed by atoms with E-state index in [4.69, 9.17) is 9.47 Å². The maximum absolute atomic E-state index is 11.2. The number of aromatic nitrogens is 1. The zero-order valence-corrected chi connectivity index (χ0v) is 9.42. The summed E-state index contributed by atoms with van der Waals surface area (Å²) in [4.78, 5) is 15.4. The van der Waals surface area contributed by atoms with Crippen LogP contribution in [0.1, 0.15) is 12.0 Å². The van der Waals surface area contributed by atoms with Crippen LogP contribution in [0, 0.1) is 5.92 Å². The van der Waals surface area contributed by atoms with E-state index in [9.17, 15) is 9.90 Å². The molecule has 5 heteroatoms. The number of pyridine rings is 1. The van der Waals surface area contributed by atoms with Gasteiger partial charge < -0.3 is 14.6 Å². The number of rotatable bonds is 3. The number of carboxylic acids is 1. The zero-order valence-electron chi connectivity index (χ0n) is 9.42. The molecule has 0 unspecified atom stereocenters. The molecule has 1 aromatic rings. The van der Waals surface area contributed by atoms with E-state index < -0.39 is 11.9 Å². The normalized spacial score (nSPS) is 34.2. The number of hydrogen-bond donors (Lipinski definition) is 1. The Hall–Kier alpha value is -1.62. The Labute approximate surface area is 98.4 Å². The van der Waals surface area contributed by atoms with E-state index >= 15 is 0 Å². The van der Waals surface area contributed by atoms with Crippen LogP contribution in [-0.4, -0.2) is 35.9 Å². The van der Waals surface area contributed by atoms with Crippen LogP contribution >= 0.6 is 0 Å². The third kappa shape index (κ3) is 1.29. The quantitative estimate of drug-likeness (QED) is 0.840. The molecule has 5 nitrogen and oxygen atoms in total. The maximum Gasteiger partial charge on any atom is 0.310 e. The molecule has 1 aliphatic carbocycles. The lowest BCUT2D eigenvalue weighted by Gasteiger charge is -2.42. The second-order valence-electron chi connectivity index (χ2n) is 4.61. The summed E-state index contributed by atoms with van der Waals surface area (Å²) in [7, 11) is 1.55. The topological polar surface area (TPSA) is 68.7 Å². The summed E-state index contributed by atoms with van der Waals surface area (Å²) in [5.74, 6) is -0.681. The zero-order chi connectivity index (χ0) is 12.0. The maximum atomic E-state index is 11.2. The van der Waals surface area contributed by atoms with Gasteiger partial charge in [-0.25, -0.2) is 4.98 Å². The highest BCUT2D eigenvalue weighted by Crippen LogP contribution is 2.56. The van der Waals surface area contributed by atoms with E-state index in [0.717, 1.165) is 12.0 Å². The molecule has 0 spiro atoms. The lowest BCUT2D eigenvalue weighted by Crippen LogP contribution is -2.52. The van der Waals surface area contributed by atoms with Crippen molar-refractivity contribution in [3.05, 3.63) is 23.9 Å².